The number of hydrogen-bond acceptors (Lipinski definition) is 3. The van der Waals surface area contributed by atoms with E-state index < -0.39 is 0 Å². The van der Waals surface area contributed by atoms with Gasteiger partial charge in [0.15, 0.2) is 0 Å². The lowest BCUT2D eigenvalue weighted by atomic mass is 9.89. The molecule has 1 heterocycles. The van der Waals surface area contributed by atoms with Gasteiger partial charge in [-0.05, 0) is 18.8 Å². The molecule has 2 atom stereocenters. The maximum Gasteiger partial charge on any atom is 0.337 e. The minimum atomic E-state index is -0.227. The number of carbonyl (C=O) groups is 1. The molecule has 1 aliphatic rings. The summed E-state index contributed by atoms with van der Waals surface area (Å²) in [6.07, 6.45) is 2.76. The number of hydrogen-bond donors (Lipinski definition) is 0. The number of carbonyl (C=O) groups excluding carboxylic acids is 1. The van der Waals surface area contributed by atoms with Crippen molar-refractivity contribution in [3.63, 3.8) is 0 Å². The molecule has 0 aliphatic carbocycles. The molecule has 0 N–H and O–H groups in total. The highest BCUT2D eigenvalue weighted by Crippen LogP contribution is 2.36. The van der Waals surface area contributed by atoms with Gasteiger partial charge >= 0.3 is 5.97 Å². The average molecular weight is 240 g/mol. The summed E-state index contributed by atoms with van der Waals surface area (Å²) in [6, 6.07) is 0. The van der Waals surface area contributed by atoms with Crippen molar-refractivity contribution in [2.45, 2.75) is 53.1 Å². The number of allylic oxidation sites excluding steroid dienone is 1. The Labute approximate surface area is 104 Å². The summed E-state index contributed by atoms with van der Waals surface area (Å²) in [4.78, 5) is 11.8. The fourth-order valence-electron chi connectivity index (χ4n) is 2.43. The number of esters is 1. The molecule has 2 unspecified atom stereocenters. The summed E-state index contributed by atoms with van der Waals surface area (Å²) in [7, 11) is 1.43. The first-order valence-electron chi connectivity index (χ1n) is 6.53. The SMILES string of the molecule is CCC1CC(C(=O)OC)=C(C(CC)C(C)C)O1. The van der Waals surface area contributed by atoms with Crippen LogP contribution in [0.15, 0.2) is 11.3 Å². The van der Waals surface area contributed by atoms with Gasteiger partial charge < -0.3 is 9.47 Å². The maximum atomic E-state index is 11.8. The van der Waals surface area contributed by atoms with Crippen LogP contribution >= 0.6 is 0 Å². The fraction of sp³-hybridized carbons (Fsp3) is 0.786. The number of rotatable bonds is 5. The van der Waals surface area contributed by atoms with Crippen molar-refractivity contribution in [3.05, 3.63) is 11.3 Å². The van der Waals surface area contributed by atoms with Crippen molar-refractivity contribution >= 4 is 5.97 Å². The van der Waals surface area contributed by atoms with Gasteiger partial charge in [0.1, 0.15) is 11.9 Å². The zero-order valence-electron chi connectivity index (χ0n) is 11.6. The Morgan fingerprint density at radius 1 is 1.47 bits per heavy atom. The van der Waals surface area contributed by atoms with Gasteiger partial charge in [-0.25, -0.2) is 4.79 Å². The number of methoxy groups -OCH3 is 1. The quantitative estimate of drug-likeness (QED) is 0.692. The van der Waals surface area contributed by atoms with E-state index in [2.05, 4.69) is 27.7 Å². The van der Waals surface area contributed by atoms with E-state index in [1.54, 1.807) is 0 Å². The molecule has 0 aromatic rings. The molecule has 0 bridgehead atoms. The van der Waals surface area contributed by atoms with Crippen LogP contribution < -0.4 is 0 Å². The molecular formula is C14H24O3. The largest absolute Gasteiger partial charge is 0.494 e. The van der Waals surface area contributed by atoms with Crippen molar-refractivity contribution < 1.29 is 14.3 Å². The molecule has 0 fully saturated rings. The molecule has 0 spiro atoms. The average Bonchev–Trinajstić information content (AvgIpc) is 2.72. The first-order chi connectivity index (χ1) is 8.04. The predicted molar refractivity (Wildman–Crippen MR) is 67.4 cm³/mol. The molecule has 3 heteroatoms. The molecule has 1 rings (SSSR count). The Bertz CT molecular complexity index is 305. The highest BCUT2D eigenvalue weighted by Gasteiger charge is 2.34. The Hall–Kier alpha value is -0.990. The minimum absolute atomic E-state index is 0.145. The summed E-state index contributed by atoms with van der Waals surface area (Å²) in [5.74, 6) is 1.45. The van der Waals surface area contributed by atoms with Gasteiger partial charge in [-0.15, -0.1) is 0 Å². The third-order valence-electron chi connectivity index (χ3n) is 3.49. The molecule has 0 saturated carbocycles. The lowest BCUT2D eigenvalue weighted by Crippen LogP contribution is -2.15. The molecule has 0 aromatic carbocycles. The van der Waals surface area contributed by atoms with Crippen LogP contribution in [0.1, 0.15) is 47.0 Å². The minimum Gasteiger partial charge on any atom is -0.494 e. The monoisotopic (exact) mass is 240 g/mol. The summed E-state index contributed by atoms with van der Waals surface area (Å²) in [5, 5.41) is 0. The second-order valence-corrected chi connectivity index (χ2v) is 4.95. The molecule has 0 radical (unpaired) electrons. The van der Waals surface area contributed by atoms with Gasteiger partial charge in [-0.2, -0.15) is 0 Å². The zero-order chi connectivity index (χ0) is 13.0. The Morgan fingerprint density at radius 3 is 2.53 bits per heavy atom. The lowest BCUT2D eigenvalue weighted by Gasteiger charge is -2.22. The fourth-order valence-corrected chi connectivity index (χ4v) is 2.43. The Kier molecular flexibility index (Phi) is 5.03. The lowest BCUT2D eigenvalue weighted by molar-refractivity contribution is -0.136. The molecule has 17 heavy (non-hydrogen) atoms. The van der Waals surface area contributed by atoms with Gasteiger partial charge in [0.05, 0.1) is 12.7 Å². The third kappa shape index (κ3) is 3.02. The van der Waals surface area contributed by atoms with Crippen LogP contribution in [0.2, 0.25) is 0 Å². The predicted octanol–water partition coefficient (Wildman–Crippen LogP) is 3.29. The normalized spacial score (nSPS) is 21.6. The van der Waals surface area contributed by atoms with Crippen LogP contribution in [-0.2, 0) is 14.3 Å². The van der Waals surface area contributed by atoms with Gasteiger partial charge in [-0.3, -0.25) is 0 Å². The first kappa shape index (κ1) is 14.1. The molecular weight excluding hydrogens is 216 g/mol. The van der Waals surface area contributed by atoms with Gasteiger partial charge in [0, 0.05) is 12.3 Å². The van der Waals surface area contributed by atoms with E-state index >= 15 is 0 Å². The molecule has 0 aromatic heterocycles. The van der Waals surface area contributed by atoms with Crippen molar-refractivity contribution in [3.8, 4) is 0 Å². The van der Waals surface area contributed by atoms with Crippen molar-refractivity contribution in [2.24, 2.45) is 11.8 Å². The van der Waals surface area contributed by atoms with Crippen LogP contribution in [0.5, 0.6) is 0 Å². The van der Waals surface area contributed by atoms with Crippen LogP contribution in [0, 0.1) is 11.8 Å². The Morgan fingerprint density at radius 2 is 2.12 bits per heavy atom. The second kappa shape index (κ2) is 6.08. The highest BCUT2D eigenvalue weighted by atomic mass is 16.5. The van der Waals surface area contributed by atoms with Crippen LogP contribution in [-0.4, -0.2) is 19.2 Å². The molecule has 0 amide bonds. The molecule has 3 nitrogen and oxygen atoms in total. The van der Waals surface area contributed by atoms with E-state index in [0.29, 0.717) is 18.3 Å². The van der Waals surface area contributed by atoms with E-state index in [1.165, 1.54) is 7.11 Å². The first-order valence-corrected chi connectivity index (χ1v) is 6.53. The van der Waals surface area contributed by atoms with E-state index in [9.17, 15) is 4.79 Å². The standard InChI is InChI=1S/C14H24O3/c1-6-10-8-12(14(15)16-5)13(17-10)11(7-2)9(3)4/h9-11H,6-8H2,1-5H3. The van der Waals surface area contributed by atoms with E-state index in [0.717, 1.165) is 24.2 Å². The van der Waals surface area contributed by atoms with Crippen molar-refractivity contribution in [1.82, 2.24) is 0 Å². The second-order valence-electron chi connectivity index (χ2n) is 4.95. The maximum absolute atomic E-state index is 11.8. The molecule has 1 aliphatic heterocycles. The van der Waals surface area contributed by atoms with Crippen LogP contribution in [0.25, 0.3) is 0 Å². The van der Waals surface area contributed by atoms with Gasteiger partial charge in [-0.1, -0.05) is 27.7 Å². The zero-order valence-corrected chi connectivity index (χ0v) is 11.6. The summed E-state index contributed by atoms with van der Waals surface area (Å²) >= 11 is 0. The molecule has 98 valence electrons. The molecule has 0 saturated heterocycles. The van der Waals surface area contributed by atoms with Gasteiger partial charge in [0.2, 0.25) is 0 Å². The summed E-state index contributed by atoms with van der Waals surface area (Å²) < 4.78 is 10.8. The van der Waals surface area contributed by atoms with E-state index in [4.69, 9.17) is 9.47 Å². The summed E-state index contributed by atoms with van der Waals surface area (Å²) in [6.45, 7) is 8.55. The number of ether oxygens (including phenoxy) is 2. The van der Waals surface area contributed by atoms with Crippen molar-refractivity contribution in [2.75, 3.05) is 7.11 Å². The van der Waals surface area contributed by atoms with Crippen LogP contribution in [0.3, 0.4) is 0 Å². The third-order valence-corrected chi connectivity index (χ3v) is 3.49. The van der Waals surface area contributed by atoms with Crippen molar-refractivity contribution in [1.29, 1.82) is 0 Å². The summed E-state index contributed by atoms with van der Waals surface area (Å²) in [5.41, 5.74) is 0.750. The Balaban J connectivity index is 2.99. The van der Waals surface area contributed by atoms with E-state index in [-0.39, 0.29) is 12.1 Å². The highest BCUT2D eigenvalue weighted by molar-refractivity contribution is 5.89. The smallest absolute Gasteiger partial charge is 0.337 e. The topological polar surface area (TPSA) is 35.5 Å². The van der Waals surface area contributed by atoms with Crippen LogP contribution in [0.4, 0.5) is 0 Å². The van der Waals surface area contributed by atoms with E-state index in [1.807, 2.05) is 0 Å². The van der Waals surface area contributed by atoms with Gasteiger partial charge in [0.25, 0.3) is 0 Å².